The zero-order valence-electron chi connectivity index (χ0n) is 13.3. The van der Waals surface area contributed by atoms with Gasteiger partial charge in [0.2, 0.25) is 10.0 Å². The van der Waals surface area contributed by atoms with Crippen LogP contribution in [0, 0.1) is 6.92 Å². The summed E-state index contributed by atoms with van der Waals surface area (Å²) < 4.78 is 42.2. The number of aryl methyl sites for hydroxylation is 2. The lowest BCUT2D eigenvalue weighted by molar-refractivity contribution is 0.351. The zero-order valence-corrected chi connectivity index (χ0v) is 16.6. The summed E-state index contributed by atoms with van der Waals surface area (Å²) in [6.07, 6.45) is 3.42. The SMILES string of the molecule is Cc1cc(S(=O)(=O)N2CC[S@@](=O)C[C@H]2c2cnn(C)c2)ccc1Br. The van der Waals surface area contributed by atoms with Gasteiger partial charge in [-0.15, -0.1) is 0 Å². The monoisotopic (exact) mass is 431 g/mol. The Morgan fingerprint density at radius 1 is 1.38 bits per heavy atom. The molecule has 0 aliphatic carbocycles. The summed E-state index contributed by atoms with van der Waals surface area (Å²) in [5.74, 6) is 0.645. The molecule has 1 saturated heterocycles. The van der Waals surface area contributed by atoms with E-state index in [1.54, 1.807) is 42.3 Å². The van der Waals surface area contributed by atoms with Gasteiger partial charge in [0.15, 0.2) is 0 Å². The van der Waals surface area contributed by atoms with Crippen LogP contribution in [0.15, 0.2) is 40.0 Å². The molecule has 6 nitrogen and oxygen atoms in total. The van der Waals surface area contributed by atoms with Gasteiger partial charge in [-0.1, -0.05) is 15.9 Å². The first-order valence-corrected chi connectivity index (χ1v) is 11.1. The molecule has 1 aliphatic rings. The predicted molar refractivity (Wildman–Crippen MR) is 96.6 cm³/mol. The van der Waals surface area contributed by atoms with Gasteiger partial charge < -0.3 is 0 Å². The number of benzene rings is 1. The van der Waals surface area contributed by atoms with Crippen LogP contribution in [0.1, 0.15) is 17.2 Å². The van der Waals surface area contributed by atoms with Crippen molar-refractivity contribution in [2.75, 3.05) is 18.1 Å². The number of hydrogen-bond donors (Lipinski definition) is 0. The third kappa shape index (κ3) is 3.35. The lowest BCUT2D eigenvalue weighted by atomic mass is 10.2. The van der Waals surface area contributed by atoms with Crippen molar-refractivity contribution in [1.29, 1.82) is 0 Å². The Morgan fingerprint density at radius 2 is 2.12 bits per heavy atom. The Hall–Kier alpha value is -1.03. The molecule has 1 fully saturated rings. The van der Waals surface area contributed by atoms with Crippen LogP contribution >= 0.6 is 15.9 Å². The molecule has 0 N–H and O–H groups in total. The fourth-order valence-electron chi connectivity index (χ4n) is 2.77. The minimum Gasteiger partial charge on any atom is -0.275 e. The van der Waals surface area contributed by atoms with Gasteiger partial charge in [-0.25, -0.2) is 8.42 Å². The van der Waals surface area contributed by atoms with Gasteiger partial charge in [-0.3, -0.25) is 8.89 Å². The Morgan fingerprint density at radius 3 is 2.75 bits per heavy atom. The molecule has 1 aromatic heterocycles. The normalized spacial score (nSPS) is 22.6. The fourth-order valence-corrected chi connectivity index (χ4v) is 6.21. The molecule has 0 bridgehead atoms. The van der Waals surface area contributed by atoms with E-state index in [9.17, 15) is 12.6 Å². The van der Waals surface area contributed by atoms with Gasteiger partial charge in [0.25, 0.3) is 0 Å². The Kier molecular flexibility index (Phi) is 4.96. The maximum atomic E-state index is 13.1. The molecule has 1 aromatic carbocycles. The molecule has 24 heavy (non-hydrogen) atoms. The maximum Gasteiger partial charge on any atom is 0.243 e. The summed E-state index contributed by atoms with van der Waals surface area (Å²) in [7, 11) is -2.93. The fraction of sp³-hybridized carbons (Fsp3) is 0.400. The third-order valence-electron chi connectivity index (χ3n) is 4.08. The number of rotatable bonds is 3. The van der Waals surface area contributed by atoms with Crippen LogP contribution in [0.2, 0.25) is 0 Å². The van der Waals surface area contributed by atoms with Crippen molar-refractivity contribution >= 4 is 36.8 Å². The average molecular weight is 432 g/mol. The van der Waals surface area contributed by atoms with Gasteiger partial charge in [-0.2, -0.15) is 9.40 Å². The first-order valence-electron chi connectivity index (χ1n) is 7.40. The standard InChI is InChI=1S/C15H18BrN3O3S2/c1-11-7-13(3-4-14(11)16)24(21,22)19-5-6-23(20)10-15(19)12-8-17-18(2)9-12/h3-4,7-9,15H,5-6,10H2,1-2H3/t15-,23+/m0/s1. The molecule has 2 heterocycles. The van der Waals surface area contributed by atoms with Crippen molar-refractivity contribution in [3.63, 3.8) is 0 Å². The summed E-state index contributed by atoms with van der Waals surface area (Å²) >= 11 is 3.39. The molecule has 2 atom stereocenters. The Labute approximate surface area is 152 Å². The summed E-state index contributed by atoms with van der Waals surface area (Å²) in [5, 5.41) is 4.12. The highest BCUT2D eigenvalue weighted by Gasteiger charge is 2.37. The van der Waals surface area contributed by atoms with Crippen molar-refractivity contribution in [1.82, 2.24) is 14.1 Å². The molecule has 1 aliphatic heterocycles. The van der Waals surface area contributed by atoms with E-state index in [-0.39, 0.29) is 11.4 Å². The van der Waals surface area contributed by atoms with E-state index in [0.717, 1.165) is 15.6 Å². The zero-order chi connectivity index (χ0) is 17.5. The molecule has 130 valence electrons. The van der Waals surface area contributed by atoms with Crippen LogP contribution in [0.4, 0.5) is 0 Å². The molecule has 0 saturated carbocycles. The molecular weight excluding hydrogens is 414 g/mol. The van der Waals surface area contributed by atoms with E-state index in [4.69, 9.17) is 0 Å². The number of halogens is 1. The van der Waals surface area contributed by atoms with E-state index in [1.807, 2.05) is 6.92 Å². The Balaban J connectivity index is 2.03. The molecule has 0 amide bonds. The first-order chi connectivity index (χ1) is 11.3. The second-order valence-electron chi connectivity index (χ2n) is 5.80. The van der Waals surface area contributed by atoms with Crippen molar-refractivity contribution in [3.8, 4) is 0 Å². The third-order valence-corrected chi connectivity index (χ3v) is 8.20. The van der Waals surface area contributed by atoms with E-state index >= 15 is 0 Å². The second-order valence-corrected chi connectivity index (χ2v) is 10.2. The minimum atomic E-state index is -3.67. The molecule has 9 heteroatoms. The van der Waals surface area contributed by atoms with Crippen LogP contribution < -0.4 is 0 Å². The first kappa shape index (κ1) is 17.8. The smallest absolute Gasteiger partial charge is 0.243 e. The number of aromatic nitrogens is 2. The molecule has 0 spiro atoms. The van der Waals surface area contributed by atoms with Gasteiger partial charge in [0.1, 0.15) is 0 Å². The van der Waals surface area contributed by atoms with Gasteiger partial charge in [0, 0.05) is 52.1 Å². The average Bonchev–Trinajstić information content (AvgIpc) is 2.96. The van der Waals surface area contributed by atoms with Crippen molar-refractivity contribution < 1.29 is 12.6 Å². The molecule has 0 radical (unpaired) electrons. The summed E-state index contributed by atoms with van der Waals surface area (Å²) in [4.78, 5) is 0.254. The number of sulfonamides is 1. The topological polar surface area (TPSA) is 72.3 Å². The van der Waals surface area contributed by atoms with Gasteiger partial charge in [0.05, 0.1) is 17.1 Å². The van der Waals surface area contributed by atoms with Gasteiger partial charge in [-0.05, 0) is 30.7 Å². The van der Waals surface area contributed by atoms with E-state index in [2.05, 4.69) is 21.0 Å². The highest BCUT2D eigenvalue weighted by Crippen LogP contribution is 2.32. The van der Waals surface area contributed by atoms with Gasteiger partial charge >= 0.3 is 0 Å². The molecule has 2 aromatic rings. The van der Waals surface area contributed by atoms with Crippen LogP contribution in [0.25, 0.3) is 0 Å². The Bertz CT molecular complexity index is 895. The summed E-state index contributed by atoms with van der Waals surface area (Å²) in [6.45, 7) is 2.09. The van der Waals surface area contributed by atoms with E-state index in [0.29, 0.717) is 11.5 Å². The lowest BCUT2D eigenvalue weighted by Gasteiger charge is -2.33. The van der Waals surface area contributed by atoms with Crippen molar-refractivity contribution in [3.05, 3.63) is 46.2 Å². The van der Waals surface area contributed by atoms with Crippen LogP contribution in [0.3, 0.4) is 0 Å². The van der Waals surface area contributed by atoms with Crippen LogP contribution in [-0.4, -0.2) is 44.8 Å². The quantitative estimate of drug-likeness (QED) is 0.744. The molecule has 3 rings (SSSR count). The summed E-state index contributed by atoms with van der Waals surface area (Å²) in [5.41, 5.74) is 1.62. The summed E-state index contributed by atoms with van der Waals surface area (Å²) in [6, 6.07) is 4.54. The second kappa shape index (κ2) is 6.70. The predicted octanol–water partition coefficient (Wildman–Crippen LogP) is 1.99. The maximum absolute atomic E-state index is 13.1. The highest BCUT2D eigenvalue weighted by atomic mass is 79.9. The number of hydrogen-bond acceptors (Lipinski definition) is 4. The number of nitrogens with zero attached hydrogens (tertiary/aromatic N) is 3. The van der Waals surface area contributed by atoms with Crippen LogP contribution in [0.5, 0.6) is 0 Å². The highest BCUT2D eigenvalue weighted by molar-refractivity contribution is 9.10. The van der Waals surface area contributed by atoms with Crippen molar-refractivity contribution in [2.45, 2.75) is 17.9 Å². The molecule has 0 unspecified atom stereocenters. The van der Waals surface area contributed by atoms with Crippen molar-refractivity contribution in [2.24, 2.45) is 7.05 Å². The van der Waals surface area contributed by atoms with E-state index in [1.165, 1.54) is 4.31 Å². The minimum absolute atomic E-state index is 0.240. The molecular formula is C15H18BrN3O3S2. The largest absolute Gasteiger partial charge is 0.275 e. The van der Waals surface area contributed by atoms with Crippen LogP contribution in [-0.2, 0) is 27.9 Å². The van der Waals surface area contributed by atoms with E-state index < -0.39 is 26.9 Å². The lowest BCUT2D eigenvalue weighted by Crippen LogP contribution is -2.44.